The average Bonchev–Trinajstić information content (AvgIpc) is 3.15. The van der Waals surface area contributed by atoms with E-state index in [4.69, 9.17) is 9.15 Å². The normalized spacial score (nSPS) is 10.7. The second-order valence-electron chi connectivity index (χ2n) is 6.20. The lowest BCUT2D eigenvalue weighted by Gasteiger charge is -2.10. The number of ether oxygens (including phenoxy) is 1. The van der Waals surface area contributed by atoms with Crippen molar-refractivity contribution in [2.24, 2.45) is 0 Å². The molecule has 3 amide bonds. The minimum atomic E-state index is -0.694. The van der Waals surface area contributed by atoms with Gasteiger partial charge in [0.2, 0.25) is 0 Å². The zero-order valence-corrected chi connectivity index (χ0v) is 15.3. The van der Waals surface area contributed by atoms with E-state index < -0.39 is 24.5 Å². The van der Waals surface area contributed by atoms with Crippen LogP contribution < -0.4 is 10.6 Å². The van der Waals surface area contributed by atoms with Crippen LogP contribution >= 0.6 is 0 Å². The first kappa shape index (κ1) is 19.3. The molecule has 0 aromatic carbocycles. The highest BCUT2D eigenvalue weighted by Crippen LogP contribution is 2.18. The number of aryl methyl sites for hydroxylation is 1. The maximum atomic E-state index is 12.3. The van der Waals surface area contributed by atoms with E-state index >= 15 is 0 Å². The minimum Gasteiger partial charge on any atom is -0.467 e. The summed E-state index contributed by atoms with van der Waals surface area (Å²) < 4.78 is 12.3. The maximum Gasteiger partial charge on any atom is 0.340 e. The molecule has 0 aliphatic carbocycles. The molecule has 0 aliphatic rings. The van der Waals surface area contributed by atoms with Gasteiger partial charge in [-0.2, -0.15) is 0 Å². The summed E-state index contributed by atoms with van der Waals surface area (Å²) in [5, 5.41) is 4.61. The molecule has 2 aromatic rings. The van der Waals surface area contributed by atoms with Crippen molar-refractivity contribution in [2.45, 2.75) is 40.3 Å². The SMILES string of the molecule is Cc1cc(C(=O)OCC(=O)NC(=O)NC(C)C)c(C)n1Cc1ccco1. The van der Waals surface area contributed by atoms with Crippen LogP contribution in [0.4, 0.5) is 4.79 Å². The molecule has 2 heterocycles. The van der Waals surface area contributed by atoms with Crippen LogP contribution in [-0.4, -0.2) is 35.1 Å². The summed E-state index contributed by atoms with van der Waals surface area (Å²) in [6.07, 6.45) is 1.59. The fraction of sp³-hybridized carbons (Fsp3) is 0.389. The van der Waals surface area contributed by atoms with Gasteiger partial charge in [0.25, 0.3) is 5.91 Å². The number of nitrogens with zero attached hydrogens (tertiary/aromatic N) is 1. The third-order valence-corrected chi connectivity index (χ3v) is 3.69. The Labute approximate surface area is 151 Å². The van der Waals surface area contributed by atoms with Gasteiger partial charge in [-0.15, -0.1) is 0 Å². The van der Waals surface area contributed by atoms with Crippen LogP contribution in [0.2, 0.25) is 0 Å². The smallest absolute Gasteiger partial charge is 0.340 e. The topological polar surface area (TPSA) is 103 Å². The largest absolute Gasteiger partial charge is 0.467 e. The lowest BCUT2D eigenvalue weighted by molar-refractivity contribution is -0.123. The Morgan fingerprint density at radius 2 is 2.00 bits per heavy atom. The van der Waals surface area contributed by atoms with Crippen molar-refractivity contribution >= 4 is 17.9 Å². The number of furan rings is 1. The van der Waals surface area contributed by atoms with E-state index in [0.29, 0.717) is 17.8 Å². The fourth-order valence-electron chi connectivity index (χ4n) is 2.48. The number of esters is 1. The van der Waals surface area contributed by atoms with Crippen molar-refractivity contribution in [3.63, 3.8) is 0 Å². The summed E-state index contributed by atoms with van der Waals surface area (Å²) in [6.45, 7) is 7.16. The van der Waals surface area contributed by atoms with Gasteiger partial charge in [-0.1, -0.05) is 0 Å². The summed E-state index contributed by atoms with van der Waals surface area (Å²) in [5.41, 5.74) is 1.95. The van der Waals surface area contributed by atoms with Crippen molar-refractivity contribution in [3.8, 4) is 0 Å². The van der Waals surface area contributed by atoms with Crippen LogP contribution in [0.3, 0.4) is 0 Å². The summed E-state index contributed by atoms with van der Waals surface area (Å²) in [4.78, 5) is 35.4. The average molecular weight is 361 g/mol. The summed E-state index contributed by atoms with van der Waals surface area (Å²) in [7, 11) is 0. The Morgan fingerprint density at radius 1 is 1.27 bits per heavy atom. The van der Waals surface area contributed by atoms with Crippen LogP contribution in [0.1, 0.15) is 41.4 Å². The Kier molecular flexibility index (Phi) is 6.21. The summed E-state index contributed by atoms with van der Waals surface area (Å²) >= 11 is 0. The molecule has 0 saturated heterocycles. The molecule has 0 atom stereocenters. The number of amides is 3. The quantitative estimate of drug-likeness (QED) is 0.768. The van der Waals surface area contributed by atoms with E-state index in [0.717, 1.165) is 11.5 Å². The molecule has 0 spiro atoms. The molecule has 2 N–H and O–H groups in total. The second-order valence-corrected chi connectivity index (χ2v) is 6.20. The second kappa shape index (κ2) is 8.37. The molecular formula is C18H23N3O5. The Morgan fingerprint density at radius 3 is 2.62 bits per heavy atom. The Hall–Kier alpha value is -3.03. The molecular weight excluding hydrogens is 338 g/mol. The fourth-order valence-corrected chi connectivity index (χ4v) is 2.48. The van der Waals surface area contributed by atoms with E-state index in [1.165, 1.54) is 0 Å². The van der Waals surface area contributed by atoms with Gasteiger partial charge in [0.05, 0.1) is 18.4 Å². The minimum absolute atomic E-state index is 0.107. The highest BCUT2D eigenvalue weighted by molar-refractivity contribution is 5.97. The number of hydrogen-bond acceptors (Lipinski definition) is 5. The first-order chi connectivity index (χ1) is 12.3. The third-order valence-electron chi connectivity index (χ3n) is 3.69. The van der Waals surface area contributed by atoms with Crippen molar-refractivity contribution < 1.29 is 23.5 Å². The lowest BCUT2D eigenvalue weighted by atomic mass is 10.2. The van der Waals surface area contributed by atoms with Gasteiger partial charge < -0.3 is 19.0 Å². The van der Waals surface area contributed by atoms with Crippen LogP contribution in [0.25, 0.3) is 0 Å². The molecule has 0 fully saturated rings. The van der Waals surface area contributed by atoms with Crippen LogP contribution in [0.5, 0.6) is 0 Å². The first-order valence-electron chi connectivity index (χ1n) is 8.24. The molecule has 0 saturated carbocycles. The number of hydrogen-bond donors (Lipinski definition) is 2. The number of nitrogens with one attached hydrogen (secondary N) is 2. The molecule has 0 bridgehead atoms. The van der Waals surface area contributed by atoms with E-state index in [2.05, 4.69) is 10.6 Å². The lowest BCUT2D eigenvalue weighted by Crippen LogP contribution is -2.44. The molecule has 2 rings (SSSR count). The molecule has 8 nitrogen and oxygen atoms in total. The molecule has 26 heavy (non-hydrogen) atoms. The van der Waals surface area contributed by atoms with E-state index in [1.54, 1.807) is 39.2 Å². The number of urea groups is 1. The standard InChI is InChI=1S/C18H23N3O5/c1-11(2)19-18(24)20-16(22)10-26-17(23)15-8-12(3)21(13(15)4)9-14-6-5-7-25-14/h5-8,11H,9-10H2,1-4H3,(H2,19,20,22,24). The Balaban J connectivity index is 1.95. The van der Waals surface area contributed by atoms with E-state index in [9.17, 15) is 14.4 Å². The van der Waals surface area contributed by atoms with Crippen molar-refractivity contribution in [1.29, 1.82) is 0 Å². The molecule has 0 unspecified atom stereocenters. The van der Waals surface area contributed by atoms with Crippen LogP contribution in [0.15, 0.2) is 28.9 Å². The third kappa shape index (κ3) is 4.98. The highest BCUT2D eigenvalue weighted by Gasteiger charge is 2.19. The van der Waals surface area contributed by atoms with Gasteiger partial charge >= 0.3 is 12.0 Å². The molecule has 8 heteroatoms. The molecule has 0 aliphatic heterocycles. The zero-order valence-electron chi connectivity index (χ0n) is 15.3. The van der Waals surface area contributed by atoms with Crippen molar-refractivity contribution in [3.05, 3.63) is 47.2 Å². The van der Waals surface area contributed by atoms with Gasteiger partial charge in [-0.3, -0.25) is 10.1 Å². The van der Waals surface area contributed by atoms with Gasteiger partial charge in [-0.05, 0) is 45.9 Å². The number of imide groups is 1. The van der Waals surface area contributed by atoms with Gasteiger partial charge in [0, 0.05) is 17.4 Å². The Bertz CT molecular complexity index is 790. The first-order valence-corrected chi connectivity index (χ1v) is 8.24. The molecule has 140 valence electrons. The molecule has 0 radical (unpaired) electrons. The maximum absolute atomic E-state index is 12.3. The van der Waals surface area contributed by atoms with Gasteiger partial charge in [0.15, 0.2) is 6.61 Å². The predicted octanol–water partition coefficient (Wildman–Crippen LogP) is 2.14. The van der Waals surface area contributed by atoms with Crippen molar-refractivity contribution in [2.75, 3.05) is 6.61 Å². The van der Waals surface area contributed by atoms with E-state index in [-0.39, 0.29) is 6.04 Å². The number of rotatable bonds is 6. The van der Waals surface area contributed by atoms with Crippen molar-refractivity contribution in [1.82, 2.24) is 15.2 Å². The summed E-state index contributed by atoms with van der Waals surface area (Å²) in [6, 6.07) is 4.61. The number of aromatic nitrogens is 1. The highest BCUT2D eigenvalue weighted by atomic mass is 16.5. The van der Waals surface area contributed by atoms with Gasteiger partial charge in [-0.25, -0.2) is 9.59 Å². The number of carbonyl (C=O) groups excluding carboxylic acids is 3. The van der Waals surface area contributed by atoms with Crippen LogP contribution in [-0.2, 0) is 16.1 Å². The molecule has 2 aromatic heterocycles. The van der Waals surface area contributed by atoms with Crippen LogP contribution in [0, 0.1) is 13.8 Å². The van der Waals surface area contributed by atoms with Gasteiger partial charge in [0.1, 0.15) is 5.76 Å². The summed E-state index contributed by atoms with van der Waals surface area (Å²) in [5.74, 6) is -0.550. The predicted molar refractivity (Wildman–Crippen MR) is 93.8 cm³/mol. The van der Waals surface area contributed by atoms with E-state index in [1.807, 2.05) is 17.6 Å². The monoisotopic (exact) mass is 361 g/mol. The number of carbonyl (C=O) groups is 3. The zero-order chi connectivity index (χ0) is 19.3.